The van der Waals surface area contributed by atoms with E-state index in [9.17, 15) is 40.5 Å². The number of hydrogen-bond donors (Lipinski definition) is 7. The Kier molecular flexibility index (Phi) is 5.91. The van der Waals surface area contributed by atoms with Crippen LogP contribution in [-0.4, -0.2) is 73.6 Å². The second-order valence-electron chi connectivity index (χ2n) is 7.74. The van der Waals surface area contributed by atoms with Gasteiger partial charge in [0.2, 0.25) is 23.2 Å². The lowest BCUT2D eigenvalue weighted by atomic mass is 10.00. The van der Waals surface area contributed by atoms with Crippen LogP contribution < -0.4 is 14.9 Å². The quantitative estimate of drug-likeness (QED) is 0.257. The van der Waals surface area contributed by atoms with Gasteiger partial charge in [-0.15, -0.1) is 0 Å². The van der Waals surface area contributed by atoms with E-state index >= 15 is 0 Å². The van der Waals surface area contributed by atoms with Crippen molar-refractivity contribution >= 4 is 11.0 Å². The van der Waals surface area contributed by atoms with Crippen LogP contribution in [0.25, 0.3) is 22.3 Å². The fraction of sp³-hybridized carbons (Fsp3) is 0.318. The van der Waals surface area contributed by atoms with Crippen LogP contribution in [0, 0.1) is 0 Å². The zero-order chi connectivity index (χ0) is 24.9. The average molecular weight is 478 g/mol. The molecule has 1 aliphatic rings. The first kappa shape index (κ1) is 23.4. The van der Waals surface area contributed by atoms with Crippen LogP contribution in [0.15, 0.2) is 33.5 Å². The van der Waals surface area contributed by atoms with Crippen molar-refractivity contribution in [3.63, 3.8) is 0 Å². The smallest absolute Gasteiger partial charge is 0.239 e. The topological polar surface area (TPSA) is 200 Å². The van der Waals surface area contributed by atoms with Gasteiger partial charge in [0.25, 0.3) is 0 Å². The zero-order valence-electron chi connectivity index (χ0n) is 17.9. The lowest BCUT2D eigenvalue weighted by molar-refractivity contribution is -0.268. The minimum absolute atomic E-state index is 0.0398. The predicted octanol–water partition coefficient (Wildman–Crippen LogP) is 0.497. The predicted molar refractivity (Wildman–Crippen MR) is 114 cm³/mol. The van der Waals surface area contributed by atoms with E-state index in [1.807, 2.05) is 0 Å². The molecule has 4 rings (SSSR count). The number of benzene rings is 2. The summed E-state index contributed by atoms with van der Waals surface area (Å²) in [4.78, 5) is 13.4. The molecule has 1 aromatic heterocycles. The maximum Gasteiger partial charge on any atom is 0.239 e. The SMILES string of the molecule is COc1c(O)cc2oc(-c3ccc(O)c(O)c3)c(OC3OC(C)C(O)C(O)C3O)c(=O)c2c1O. The molecule has 12 heteroatoms. The number of aromatic hydroxyl groups is 4. The van der Waals surface area contributed by atoms with E-state index in [0.29, 0.717) is 0 Å². The van der Waals surface area contributed by atoms with E-state index in [2.05, 4.69) is 0 Å². The van der Waals surface area contributed by atoms with Gasteiger partial charge in [0.1, 0.15) is 29.3 Å². The van der Waals surface area contributed by atoms with Gasteiger partial charge in [0.15, 0.2) is 28.8 Å². The maximum absolute atomic E-state index is 13.4. The Balaban J connectivity index is 1.96. The minimum Gasteiger partial charge on any atom is -0.504 e. The fourth-order valence-corrected chi connectivity index (χ4v) is 3.68. The van der Waals surface area contributed by atoms with Crippen molar-refractivity contribution in [1.82, 2.24) is 0 Å². The van der Waals surface area contributed by atoms with Crippen molar-refractivity contribution in [2.24, 2.45) is 0 Å². The van der Waals surface area contributed by atoms with Crippen molar-refractivity contribution in [1.29, 1.82) is 0 Å². The van der Waals surface area contributed by atoms with Crippen LogP contribution in [0.4, 0.5) is 0 Å². The Labute approximate surface area is 191 Å². The van der Waals surface area contributed by atoms with Crippen LogP contribution in [0.3, 0.4) is 0 Å². The molecule has 2 heterocycles. The van der Waals surface area contributed by atoms with Gasteiger partial charge in [0, 0.05) is 11.6 Å². The first-order chi connectivity index (χ1) is 16.0. The summed E-state index contributed by atoms with van der Waals surface area (Å²) in [6, 6.07) is 4.50. The molecular formula is C22H22O12. The molecule has 0 amide bonds. The lowest BCUT2D eigenvalue weighted by Crippen LogP contribution is -2.58. The second kappa shape index (κ2) is 8.57. The van der Waals surface area contributed by atoms with Gasteiger partial charge >= 0.3 is 0 Å². The Bertz CT molecular complexity index is 1300. The molecular weight excluding hydrogens is 456 g/mol. The molecule has 1 fully saturated rings. The highest BCUT2D eigenvalue weighted by Crippen LogP contribution is 2.44. The number of methoxy groups -OCH3 is 1. The van der Waals surface area contributed by atoms with E-state index in [1.54, 1.807) is 0 Å². The fourth-order valence-electron chi connectivity index (χ4n) is 3.68. The summed E-state index contributed by atoms with van der Waals surface area (Å²) >= 11 is 0. The van der Waals surface area contributed by atoms with Gasteiger partial charge in [-0.2, -0.15) is 0 Å². The van der Waals surface area contributed by atoms with Crippen LogP contribution in [0.1, 0.15) is 6.92 Å². The van der Waals surface area contributed by atoms with Crippen molar-refractivity contribution in [2.75, 3.05) is 7.11 Å². The number of hydrogen-bond acceptors (Lipinski definition) is 12. The summed E-state index contributed by atoms with van der Waals surface area (Å²) in [5.41, 5.74) is -1.20. The zero-order valence-corrected chi connectivity index (χ0v) is 17.9. The Morgan fingerprint density at radius 3 is 2.24 bits per heavy atom. The molecule has 182 valence electrons. The van der Waals surface area contributed by atoms with E-state index in [4.69, 9.17) is 18.6 Å². The lowest BCUT2D eigenvalue weighted by Gasteiger charge is -2.38. The number of aliphatic hydroxyl groups excluding tert-OH is 3. The molecule has 0 saturated carbocycles. The van der Waals surface area contributed by atoms with Gasteiger partial charge in [-0.3, -0.25) is 4.79 Å². The molecule has 0 radical (unpaired) electrons. The first-order valence-electron chi connectivity index (χ1n) is 10.0. The minimum atomic E-state index is -1.77. The number of phenolic OH excluding ortho intramolecular Hbond substituents is 4. The molecule has 34 heavy (non-hydrogen) atoms. The highest BCUT2D eigenvalue weighted by molar-refractivity contribution is 5.91. The number of rotatable bonds is 4. The van der Waals surface area contributed by atoms with Crippen LogP contribution >= 0.6 is 0 Å². The highest BCUT2D eigenvalue weighted by atomic mass is 16.7. The standard InChI is InChI=1S/C22H22O12/c1-7-14(26)17(29)18(30)22(32-7)34-21-16(28)13-12(6-11(25)20(31-2)15(13)27)33-19(21)8-3-4-9(23)10(24)5-8/h3-7,14,17-18,22-27,29-30H,1-2H3. The Morgan fingerprint density at radius 2 is 1.59 bits per heavy atom. The molecule has 5 atom stereocenters. The normalized spacial score (nSPS) is 24.8. The molecule has 2 aromatic carbocycles. The van der Waals surface area contributed by atoms with E-state index in [-0.39, 0.29) is 16.9 Å². The molecule has 7 N–H and O–H groups in total. The molecule has 0 spiro atoms. The summed E-state index contributed by atoms with van der Waals surface area (Å²) in [6.45, 7) is 1.41. The van der Waals surface area contributed by atoms with Crippen LogP contribution in [0.5, 0.6) is 34.5 Å². The summed E-state index contributed by atoms with van der Waals surface area (Å²) in [5, 5.41) is 70.1. The molecule has 3 aromatic rings. The first-order valence-corrected chi connectivity index (χ1v) is 10.0. The average Bonchev–Trinajstić information content (AvgIpc) is 2.79. The third-order valence-corrected chi connectivity index (χ3v) is 5.53. The maximum atomic E-state index is 13.4. The summed E-state index contributed by atoms with van der Waals surface area (Å²) in [7, 11) is 1.16. The largest absolute Gasteiger partial charge is 0.504 e. The molecule has 0 bridgehead atoms. The van der Waals surface area contributed by atoms with Gasteiger partial charge in [0.05, 0.1) is 13.2 Å². The van der Waals surface area contributed by atoms with Crippen molar-refractivity contribution < 1.29 is 54.4 Å². The van der Waals surface area contributed by atoms with Crippen LogP contribution in [0.2, 0.25) is 0 Å². The molecule has 1 saturated heterocycles. The van der Waals surface area contributed by atoms with E-state index in [1.165, 1.54) is 13.0 Å². The summed E-state index contributed by atoms with van der Waals surface area (Å²) in [6.07, 6.45) is -7.48. The van der Waals surface area contributed by atoms with Crippen molar-refractivity contribution in [2.45, 2.75) is 37.6 Å². The van der Waals surface area contributed by atoms with Gasteiger partial charge < -0.3 is 54.4 Å². The Morgan fingerprint density at radius 1 is 0.882 bits per heavy atom. The summed E-state index contributed by atoms with van der Waals surface area (Å²) in [5.74, 6) is -3.59. The van der Waals surface area contributed by atoms with Gasteiger partial charge in [-0.25, -0.2) is 0 Å². The van der Waals surface area contributed by atoms with Crippen LogP contribution in [-0.2, 0) is 4.74 Å². The van der Waals surface area contributed by atoms with Gasteiger partial charge in [-0.05, 0) is 25.1 Å². The van der Waals surface area contributed by atoms with E-state index < -0.39 is 76.0 Å². The van der Waals surface area contributed by atoms with Crippen molar-refractivity contribution in [3.8, 4) is 45.8 Å². The molecule has 0 aliphatic carbocycles. The third-order valence-electron chi connectivity index (χ3n) is 5.53. The third kappa shape index (κ3) is 3.72. The number of aliphatic hydroxyl groups is 3. The van der Waals surface area contributed by atoms with E-state index in [0.717, 1.165) is 25.3 Å². The van der Waals surface area contributed by atoms with Crippen molar-refractivity contribution in [3.05, 3.63) is 34.5 Å². The molecule has 5 unspecified atom stereocenters. The number of phenols is 4. The Hall–Kier alpha value is -3.71. The number of fused-ring (bicyclic) bond motifs is 1. The summed E-state index contributed by atoms with van der Waals surface area (Å²) < 4.78 is 21.6. The monoisotopic (exact) mass is 478 g/mol. The second-order valence-corrected chi connectivity index (χ2v) is 7.74. The number of ether oxygens (including phenoxy) is 3. The van der Waals surface area contributed by atoms with Gasteiger partial charge in [-0.1, -0.05) is 0 Å². The molecule has 12 nitrogen and oxygen atoms in total. The molecule has 1 aliphatic heterocycles. The highest BCUT2D eigenvalue weighted by Gasteiger charge is 2.44.